The number of rotatable bonds is 6. The van der Waals surface area contributed by atoms with Gasteiger partial charge in [0.05, 0.1) is 0 Å². The predicted octanol–water partition coefficient (Wildman–Crippen LogP) is 3.55. The molecule has 0 saturated heterocycles. The summed E-state index contributed by atoms with van der Waals surface area (Å²) >= 11 is 0. The van der Waals surface area contributed by atoms with Gasteiger partial charge >= 0.3 is 0 Å². The van der Waals surface area contributed by atoms with Gasteiger partial charge in [-0.3, -0.25) is 4.99 Å². The number of hydrogen-bond donors (Lipinski definition) is 2. The molecule has 1 heterocycles. The molecule has 2 aromatic rings. The molecule has 0 unspecified atom stereocenters. The molecule has 5 nitrogen and oxygen atoms in total. The van der Waals surface area contributed by atoms with Crippen LogP contribution in [0.5, 0.6) is 0 Å². The molecule has 0 atom stereocenters. The SMILES string of the molecule is CN=C(NCc1ccnc(N(C)C)c1)NCC(C)(C)c1cccc(F)c1.I. The molecule has 0 aliphatic rings. The van der Waals surface area contributed by atoms with Gasteiger partial charge < -0.3 is 15.5 Å². The number of aliphatic imine (C=N–C) groups is 1. The van der Waals surface area contributed by atoms with Crippen molar-refractivity contribution in [1.29, 1.82) is 0 Å². The molecular weight excluding hydrogens is 456 g/mol. The van der Waals surface area contributed by atoms with Crippen LogP contribution in [0.4, 0.5) is 10.2 Å². The molecule has 0 aliphatic heterocycles. The Morgan fingerprint density at radius 3 is 2.56 bits per heavy atom. The van der Waals surface area contributed by atoms with Crippen molar-refractivity contribution in [3.63, 3.8) is 0 Å². The van der Waals surface area contributed by atoms with Crippen LogP contribution in [0.25, 0.3) is 0 Å². The maximum atomic E-state index is 13.5. The Morgan fingerprint density at radius 2 is 1.93 bits per heavy atom. The largest absolute Gasteiger partial charge is 0.363 e. The van der Waals surface area contributed by atoms with Gasteiger partial charge in [-0.25, -0.2) is 9.37 Å². The number of guanidine groups is 1. The van der Waals surface area contributed by atoms with Gasteiger partial charge in [0.1, 0.15) is 11.6 Å². The summed E-state index contributed by atoms with van der Waals surface area (Å²) in [5, 5.41) is 6.63. The van der Waals surface area contributed by atoms with Crippen molar-refractivity contribution < 1.29 is 4.39 Å². The monoisotopic (exact) mass is 485 g/mol. The summed E-state index contributed by atoms with van der Waals surface area (Å²) in [6.07, 6.45) is 1.80. The second-order valence-corrected chi connectivity index (χ2v) is 7.09. The molecule has 0 spiro atoms. The van der Waals surface area contributed by atoms with Crippen LogP contribution in [-0.2, 0) is 12.0 Å². The number of aromatic nitrogens is 1. The summed E-state index contributed by atoms with van der Waals surface area (Å²) in [6, 6.07) is 10.7. The van der Waals surface area contributed by atoms with E-state index in [0.717, 1.165) is 16.9 Å². The molecule has 0 radical (unpaired) electrons. The first-order valence-electron chi connectivity index (χ1n) is 8.64. The molecule has 2 N–H and O–H groups in total. The summed E-state index contributed by atoms with van der Waals surface area (Å²) < 4.78 is 13.5. The fraction of sp³-hybridized carbons (Fsp3) is 0.400. The van der Waals surface area contributed by atoms with E-state index in [-0.39, 0.29) is 35.2 Å². The van der Waals surface area contributed by atoms with Crippen LogP contribution < -0.4 is 15.5 Å². The van der Waals surface area contributed by atoms with E-state index < -0.39 is 0 Å². The number of pyridine rings is 1. The normalized spacial score (nSPS) is 11.6. The molecule has 27 heavy (non-hydrogen) atoms. The number of halogens is 2. The van der Waals surface area contributed by atoms with Gasteiger partial charge in [0, 0.05) is 45.8 Å². The first-order valence-corrected chi connectivity index (χ1v) is 8.64. The zero-order valence-electron chi connectivity index (χ0n) is 16.6. The van der Waals surface area contributed by atoms with E-state index in [1.165, 1.54) is 6.07 Å². The summed E-state index contributed by atoms with van der Waals surface area (Å²) in [6.45, 7) is 5.43. The zero-order valence-corrected chi connectivity index (χ0v) is 18.9. The van der Waals surface area contributed by atoms with Gasteiger partial charge in [0.15, 0.2) is 5.96 Å². The van der Waals surface area contributed by atoms with E-state index in [0.29, 0.717) is 19.0 Å². The molecule has 7 heteroatoms. The predicted molar refractivity (Wildman–Crippen MR) is 122 cm³/mol. The van der Waals surface area contributed by atoms with Crippen LogP contribution in [-0.4, -0.2) is 38.6 Å². The van der Waals surface area contributed by atoms with E-state index in [1.807, 2.05) is 37.2 Å². The van der Waals surface area contributed by atoms with Crippen LogP contribution in [0.2, 0.25) is 0 Å². The van der Waals surface area contributed by atoms with E-state index >= 15 is 0 Å². The minimum Gasteiger partial charge on any atom is -0.363 e. The molecule has 0 amide bonds. The second-order valence-electron chi connectivity index (χ2n) is 7.09. The lowest BCUT2D eigenvalue weighted by molar-refractivity contribution is 0.503. The maximum Gasteiger partial charge on any atom is 0.191 e. The maximum absolute atomic E-state index is 13.5. The first kappa shape index (κ1) is 23.1. The smallest absolute Gasteiger partial charge is 0.191 e. The topological polar surface area (TPSA) is 52.6 Å². The molecule has 148 valence electrons. The van der Waals surface area contributed by atoms with Gasteiger partial charge in [0.2, 0.25) is 0 Å². The van der Waals surface area contributed by atoms with Crippen LogP contribution in [0.1, 0.15) is 25.0 Å². The summed E-state index contributed by atoms with van der Waals surface area (Å²) in [7, 11) is 5.67. The summed E-state index contributed by atoms with van der Waals surface area (Å²) in [5.41, 5.74) is 1.84. The third-order valence-electron chi connectivity index (χ3n) is 4.26. The lowest BCUT2D eigenvalue weighted by Crippen LogP contribution is -2.43. The number of anilines is 1. The Kier molecular flexibility index (Phi) is 8.95. The van der Waals surface area contributed by atoms with Gasteiger partial charge in [-0.05, 0) is 35.4 Å². The Balaban J connectivity index is 0.00000364. The van der Waals surface area contributed by atoms with Gasteiger partial charge in [-0.1, -0.05) is 26.0 Å². The standard InChI is InChI=1S/C20H28FN5.HI/c1-20(2,16-7-6-8-17(21)12-16)14-25-19(22-3)24-13-15-9-10-23-18(11-15)26(4)5;/h6-12H,13-14H2,1-5H3,(H2,22,24,25);1H. The molecule has 0 saturated carbocycles. The van der Waals surface area contributed by atoms with Crippen LogP contribution >= 0.6 is 24.0 Å². The van der Waals surface area contributed by atoms with E-state index in [9.17, 15) is 4.39 Å². The fourth-order valence-electron chi connectivity index (χ4n) is 2.54. The average molecular weight is 485 g/mol. The molecule has 1 aromatic carbocycles. The Hall–Kier alpha value is -1.90. The minimum atomic E-state index is -0.228. The van der Waals surface area contributed by atoms with E-state index in [4.69, 9.17) is 0 Å². The van der Waals surface area contributed by atoms with Gasteiger partial charge in [-0.15, -0.1) is 24.0 Å². The van der Waals surface area contributed by atoms with Crippen molar-refractivity contribution in [2.75, 3.05) is 32.6 Å². The van der Waals surface area contributed by atoms with Crippen molar-refractivity contribution in [2.24, 2.45) is 4.99 Å². The lowest BCUT2D eigenvalue weighted by atomic mass is 9.84. The number of hydrogen-bond acceptors (Lipinski definition) is 3. The fourth-order valence-corrected chi connectivity index (χ4v) is 2.54. The van der Waals surface area contributed by atoms with Crippen molar-refractivity contribution in [2.45, 2.75) is 25.8 Å². The molecule has 1 aromatic heterocycles. The van der Waals surface area contributed by atoms with Gasteiger partial charge in [0.25, 0.3) is 0 Å². The van der Waals surface area contributed by atoms with Crippen molar-refractivity contribution >= 4 is 35.8 Å². The highest BCUT2D eigenvalue weighted by atomic mass is 127. The zero-order chi connectivity index (χ0) is 19.2. The Labute approximate surface area is 178 Å². The van der Waals surface area contributed by atoms with Crippen LogP contribution in [0.15, 0.2) is 47.6 Å². The highest BCUT2D eigenvalue weighted by Gasteiger charge is 2.21. The molecule has 0 bridgehead atoms. The van der Waals surface area contributed by atoms with Crippen LogP contribution in [0.3, 0.4) is 0 Å². The molecule has 2 rings (SSSR count). The quantitative estimate of drug-likeness (QED) is 0.374. The van der Waals surface area contributed by atoms with E-state index in [2.05, 4.69) is 34.5 Å². The average Bonchev–Trinajstić information content (AvgIpc) is 2.62. The number of nitrogens with zero attached hydrogens (tertiary/aromatic N) is 3. The van der Waals surface area contributed by atoms with Crippen molar-refractivity contribution in [3.05, 3.63) is 59.5 Å². The molecular formula is C20H29FIN5. The Bertz CT molecular complexity index is 762. The number of nitrogens with one attached hydrogen (secondary N) is 2. The molecule has 0 fully saturated rings. The minimum absolute atomic E-state index is 0. The van der Waals surface area contributed by atoms with Crippen molar-refractivity contribution in [1.82, 2.24) is 15.6 Å². The number of benzene rings is 1. The Morgan fingerprint density at radius 1 is 1.19 bits per heavy atom. The van der Waals surface area contributed by atoms with Crippen LogP contribution in [0, 0.1) is 5.82 Å². The van der Waals surface area contributed by atoms with E-state index in [1.54, 1.807) is 25.4 Å². The third-order valence-corrected chi connectivity index (χ3v) is 4.26. The summed E-state index contributed by atoms with van der Waals surface area (Å²) in [4.78, 5) is 10.6. The third kappa shape index (κ3) is 6.97. The highest BCUT2D eigenvalue weighted by Crippen LogP contribution is 2.22. The van der Waals surface area contributed by atoms with Gasteiger partial charge in [-0.2, -0.15) is 0 Å². The summed E-state index contributed by atoms with van der Waals surface area (Å²) in [5.74, 6) is 1.41. The second kappa shape index (κ2) is 10.4. The highest BCUT2D eigenvalue weighted by molar-refractivity contribution is 14.0. The first-order chi connectivity index (χ1) is 12.3. The molecule has 0 aliphatic carbocycles. The lowest BCUT2D eigenvalue weighted by Gasteiger charge is -2.27. The van der Waals surface area contributed by atoms with Crippen molar-refractivity contribution in [3.8, 4) is 0 Å².